The Morgan fingerprint density at radius 1 is 1.07 bits per heavy atom. The summed E-state index contributed by atoms with van der Waals surface area (Å²) >= 11 is 0. The summed E-state index contributed by atoms with van der Waals surface area (Å²) in [4.78, 5) is 25.6. The summed E-state index contributed by atoms with van der Waals surface area (Å²) in [7, 11) is 1.73. The number of amides is 1. The molecule has 0 N–H and O–H groups in total. The molecule has 142 valence electrons. The minimum atomic E-state index is 0.00533. The fraction of sp³-hybridized carbons (Fsp3) is 0.476. The van der Waals surface area contributed by atoms with Crippen LogP contribution in [0.5, 0.6) is 5.75 Å². The van der Waals surface area contributed by atoms with Crippen LogP contribution >= 0.6 is 0 Å². The maximum atomic E-state index is 12.6. The number of ether oxygens (including phenoxy) is 1. The molecule has 0 aliphatic carbocycles. The lowest BCUT2D eigenvalue weighted by Gasteiger charge is -2.33. The number of piperidine rings is 1. The first-order valence-electron chi connectivity index (χ1n) is 9.75. The third-order valence-electron chi connectivity index (χ3n) is 5.63. The highest BCUT2D eigenvalue weighted by Crippen LogP contribution is 2.34. The summed E-state index contributed by atoms with van der Waals surface area (Å²) in [5.74, 6) is 2.26. The third-order valence-corrected chi connectivity index (χ3v) is 5.63. The van der Waals surface area contributed by atoms with Gasteiger partial charge < -0.3 is 14.5 Å². The van der Waals surface area contributed by atoms with Gasteiger partial charge in [0.05, 0.1) is 19.5 Å². The van der Waals surface area contributed by atoms with Crippen LogP contribution < -0.4 is 9.64 Å². The van der Waals surface area contributed by atoms with Crippen molar-refractivity contribution in [3.05, 3.63) is 47.9 Å². The van der Waals surface area contributed by atoms with Crippen molar-refractivity contribution in [1.82, 2.24) is 14.9 Å². The Labute approximate surface area is 160 Å². The Hall–Kier alpha value is -2.63. The molecule has 3 heterocycles. The minimum Gasteiger partial charge on any atom is -0.496 e. The lowest BCUT2D eigenvalue weighted by atomic mass is 9.89. The SMILES string of the molecule is COc1ccccc1C1CCN(c2cncc(C(=O)N3CCCC3)n2)CC1. The van der Waals surface area contributed by atoms with Gasteiger partial charge in [-0.05, 0) is 43.2 Å². The number of rotatable bonds is 4. The number of carbonyl (C=O) groups is 1. The molecule has 0 unspecified atom stereocenters. The third kappa shape index (κ3) is 3.75. The topological polar surface area (TPSA) is 58.6 Å². The van der Waals surface area contributed by atoms with Gasteiger partial charge in [0.1, 0.15) is 17.3 Å². The first kappa shape index (κ1) is 17.8. The van der Waals surface area contributed by atoms with Crippen molar-refractivity contribution in [3.8, 4) is 5.75 Å². The molecule has 2 aliphatic heterocycles. The van der Waals surface area contributed by atoms with Crippen LogP contribution in [0, 0.1) is 0 Å². The van der Waals surface area contributed by atoms with Crippen LogP contribution in [0.25, 0.3) is 0 Å². The molecule has 2 aromatic rings. The summed E-state index contributed by atoms with van der Waals surface area (Å²) in [6.07, 6.45) is 7.58. The number of aromatic nitrogens is 2. The number of methoxy groups -OCH3 is 1. The number of nitrogens with zero attached hydrogens (tertiary/aromatic N) is 4. The average molecular weight is 366 g/mol. The summed E-state index contributed by atoms with van der Waals surface area (Å²) in [5.41, 5.74) is 1.74. The molecule has 27 heavy (non-hydrogen) atoms. The van der Waals surface area contributed by atoms with Crippen molar-refractivity contribution in [3.63, 3.8) is 0 Å². The van der Waals surface area contributed by atoms with Gasteiger partial charge in [-0.2, -0.15) is 0 Å². The van der Waals surface area contributed by atoms with Gasteiger partial charge in [0, 0.05) is 26.2 Å². The predicted octanol–water partition coefficient (Wildman–Crippen LogP) is 3.11. The highest BCUT2D eigenvalue weighted by atomic mass is 16.5. The zero-order valence-electron chi connectivity index (χ0n) is 15.8. The molecule has 1 amide bonds. The monoisotopic (exact) mass is 366 g/mol. The van der Waals surface area contributed by atoms with Gasteiger partial charge >= 0.3 is 0 Å². The average Bonchev–Trinajstić information content (AvgIpc) is 3.28. The molecule has 6 nitrogen and oxygen atoms in total. The van der Waals surface area contributed by atoms with E-state index < -0.39 is 0 Å². The van der Waals surface area contributed by atoms with Crippen molar-refractivity contribution < 1.29 is 9.53 Å². The number of hydrogen-bond acceptors (Lipinski definition) is 5. The second-order valence-electron chi connectivity index (χ2n) is 7.27. The molecule has 1 aromatic carbocycles. The first-order valence-corrected chi connectivity index (χ1v) is 9.75. The van der Waals surface area contributed by atoms with Crippen molar-refractivity contribution in [2.45, 2.75) is 31.6 Å². The smallest absolute Gasteiger partial charge is 0.274 e. The van der Waals surface area contributed by atoms with Crippen LogP contribution in [0.15, 0.2) is 36.7 Å². The summed E-state index contributed by atoms with van der Waals surface area (Å²) in [5, 5.41) is 0. The molecule has 2 saturated heterocycles. The number of anilines is 1. The van der Waals surface area contributed by atoms with Gasteiger partial charge in [0.2, 0.25) is 0 Å². The number of carbonyl (C=O) groups excluding carboxylic acids is 1. The Morgan fingerprint density at radius 3 is 2.56 bits per heavy atom. The summed E-state index contributed by atoms with van der Waals surface area (Å²) in [6.45, 7) is 3.46. The maximum absolute atomic E-state index is 12.6. The van der Waals surface area contributed by atoms with Crippen LogP contribution in [0.3, 0.4) is 0 Å². The van der Waals surface area contributed by atoms with Crippen LogP contribution in [-0.2, 0) is 0 Å². The molecule has 0 radical (unpaired) electrons. The second-order valence-corrected chi connectivity index (χ2v) is 7.27. The second kappa shape index (κ2) is 7.94. The first-order chi connectivity index (χ1) is 13.3. The Morgan fingerprint density at radius 2 is 1.81 bits per heavy atom. The largest absolute Gasteiger partial charge is 0.496 e. The maximum Gasteiger partial charge on any atom is 0.274 e. The van der Waals surface area contributed by atoms with E-state index in [0.29, 0.717) is 11.6 Å². The Kier molecular flexibility index (Phi) is 5.23. The van der Waals surface area contributed by atoms with Crippen molar-refractivity contribution in [1.29, 1.82) is 0 Å². The molecule has 0 spiro atoms. The quantitative estimate of drug-likeness (QED) is 0.832. The van der Waals surface area contributed by atoms with Gasteiger partial charge in [-0.15, -0.1) is 0 Å². The van der Waals surface area contributed by atoms with E-state index in [9.17, 15) is 4.79 Å². The predicted molar refractivity (Wildman–Crippen MR) is 104 cm³/mol. The molecule has 1 aromatic heterocycles. The highest BCUT2D eigenvalue weighted by Gasteiger charge is 2.25. The fourth-order valence-electron chi connectivity index (χ4n) is 4.12. The highest BCUT2D eigenvalue weighted by molar-refractivity contribution is 5.92. The van der Waals surface area contributed by atoms with E-state index in [1.54, 1.807) is 19.5 Å². The van der Waals surface area contributed by atoms with Crippen LogP contribution in [0.4, 0.5) is 5.82 Å². The fourth-order valence-corrected chi connectivity index (χ4v) is 4.12. The molecule has 2 aliphatic rings. The Bertz CT molecular complexity index is 796. The molecule has 0 saturated carbocycles. The van der Waals surface area contributed by atoms with Crippen molar-refractivity contribution in [2.24, 2.45) is 0 Å². The molecule has 6 heteroatoms. The van der Waals surface area contributed by atoms with E-state index in [4.69, 9.17) is 4.74 Å². The van der Waals surface area contributed by atoms with Crippen molar-refractivity contribution in [2.75, 3.05) is 38.2 Å². The van der Waals surface area contributed by atoms with Crippen LogP contribution in [0.1, 0.15) is 47.7 Å². The standard InChI is InChI=1S/C21H26N4O2/c1-27-19-7-3-2-6-17(19)16-8-12-24(13-9-16)20-15-22-14-18(23-20)21(26)25-10-4-5-11-25/h2-3,6-7,14-16H,4-5,8-13H2,1H3. The van der Waals surface area contributed by atoms with Crippen LogP contribution in [-0.4, -0.2) is 54.1 Å². The molecule has 0 atom stereocenters. The molecular formula is C21H26N4O2. The van der Waals surface area contributed by atoms with E-state index in [1.807, 2.05) is 17.0 Å². The summed E-state index contributed by atoms with van der Waals surface area (Å²) in [6, 6.07) is 8.27. The lowest BCUT2D eigenvalue weighted by molar-refractivity contribution is 0.0786. The number of benzene rings is 1. The van der Waals surface area contributed by atoms with E-state index in [-0.39, 0.29) is 5.91 Å². The van der Waals surface area contributed by atoms with Gasteiger partial charge in [-0.3, -0.25) is 9.78 Å². The number of hydrogen-bond donors (Lipinski definition) is 0. The normalized spacial score (nSPS) is 18.0. The van der Waals surface area contributed by atoms with Crippen molar-refractivity contribution >= 4 is 11.7 Å². The van der Waals surface area contributed by atoms with E-state index in [2.05, 4.69) is 27.0 Å². The molecule has 2 fully saturated rings. The zero-order valence-corrected chi connectivity index (χ0v) is 15.8. The molecular weight excluding hydrogens is 340 g/mol. The van der Waals surface area contributed by atoms with E-state index in [1.165, 1.54) is 5.56 Å². The van der Waals surface area contributed by atoms with Gasteiger partial charge in [0.25, 0.3) is 5.91 Å². The summed E-state index contributed by atoms with van der Waals surface area (Å²) < 4.78 is 5.52. The van der Waals surface area contributed by atoms with E-state index in [0.717, 1.165) is 63.4 Å². The van der Waals surface area contributed by atoms with E-state index >= 15 is 0 Å². The Balaban J connectivity index is 1.44. The van der Waals surface area contributed by atoms with Gasteiger partial charge in [0.15, 0.2) is 0 Å². The van der Waals surface area contributed by atoms with Gasteiger partial charge in [-0.25, -0.2) is 4.98 Å². The van der Waals surface area contributed by atoms with Gasteiger partial charge in [-0.1, -0.05) is 18.2 Å². The number of para-hydroxylation sites is 1. The zero-order chi connectivity index (χ0) is 18.6. The molecule has 4 rings (SSSR count). The number of likely N-dealkylation sites (tertiary alicyclic amines) is 1. The van der Waals surface area contributed by atoms with Crippen LogP contribution in [0.2, 0.25) is 0 Å². The minimum absolute atomic E-state index is 0.00533. The lowest BCUT2D eigenvalue weighted by Crippen LogP contribution is -2.34. The molecule has 0 bridgehead atoms.